The predicted octanol–water partition coefficient (Wildman–Crippen LogP) is 5.13. The van der Waals surface area contributed by atoms with Crippen molar-refractivity contribution < 1.29 is 19.9 Å². The van der Waals surface area contributed by atoms with Crippen molar-refractivity contribution in [3.05, 3.63) is 12.3 Å². The molecule has 0 bridgehead atoms. The van der Waals surface area contributed by atoms with E-state index in [1.54, 1.807) is 6.20 Å². The minimum Gasteiger partial charge on any atom is -0.396 e. The van der Waals surface area contributed by atoms with Crippen molar-refractivity contribution in [1.82, 2.24) is 5.23 Å². The van der Waals surface area contributed by atoms with Crippen molar-refractivity contribution in [3.63, 3.8) is 0 Å². The number of aliphatic hydroxyl groups excluding tert-OH is 2. The topological polar surface area (TPSA) is 62.2 Å². The molecule has 0 atom stereocenters. The van der Waals surface area contributed by atoms with Gasteiger partial charge in [0.2, 0.25) is 0 Å². The quantitative estimate of drug-likeness (QED) is 0.216. The lowest BCUT2D eigenvalue weighted by molar-refractivity contribution is -0.337. The lowest BCUT2D eigenvalue weighted by Crippen LogP contribution is -2.20. The van der Waals surface area contributed by atoms with Gasteiger partial charge in [-0.3, -0.25) is 0 Å². The molecule has 0 aliphatic heterocycles. The van der Waals surface area contributed by atoms with Crippen LogP contribution in [0.5, 0.6) is 0 Å². The molecule has 0 aromatic carbocycles. The van der Waals surface area contributed by atoms with Gasteiger partial charge in [-0.15, -0.1) is 5.23 Å². The summed E-state index contributed by atoms with van der Waals surface area (Å²) in [6, 6.07) is 0. The third kappa shape index (κ3) is 19.7. The second-order valence-electron chi connectivity index (χ2n) is 6.82. The number of rotatable bonds is 21. The number of nitrogens with zero attached hydrogens (tertiary/aromatic N) is 1. The molecule has 0 aromatic rings. The Morgan fingerprint density at radius 2 is 1.12 bits per heavy atom. The number of unbranched alkanes of at least 4 members (excludes halogenated alkanes) is 11. The summed E-state index contributed by atoms with van der Waals surface area (Å²) >= 11 is 0. The van der Waals surface area contributed by atoms with Gasteiger partial charge in [0.05, 0.1) is 19.4 Å². The molecule has 0 aliphatic carbocycles. The van der Waals surface area contributed by atoms with Crippen molar-refractivity contribution in [2.75, 3.05) is 26.4 Å². The second kappa shape index (κ2) is 22.4. The highest BCUT2D eigenvalue weighted by Crippen LogP contribution is 2.12. The van der Waals surface area contributed by atoms with Crippen LogP contribution in [0, 0.1) is 0 Å². The molecule has 2 N–H and O–H groups in total. The summed E-state index contributed by atoms with van der Waals surface area (Å²) in [4.78, 5) is 10.8. The van der Waals surface area contributed by atoms with Crippen LogP contribution in [-0.2, 0) is 9.68 Å². The molecule has 0 saturated carbocycles. The summed E-state index contributed by atoms with van der Waals surface area (Å²) < 4.78 is 0. The number of hydroxylamine groups is 2. The van der Waals surface area contributed by atoms with Crippen molar-refractivity contribution in [2.45, 2.75) is 96.8 Å². The van der Waals surface area contributed by atoms with Crippen LogP contribution in [0.15, 0.2) is 12.3 Å². The first-order valence-corrected chi connectivity index (χ1v) is 10.8. The van der Waals surface area contributed by atoms with Gasteiger partial charge in [0, 0.05) is 13.2 Å². The molecule has 0 radical (unpaired) electrons. The highest BCUT2D eigenvalue weighted by Gasteiger charge is 2.00. The van der Waals surface area contributed by atoms with Crippen LogP contribution in [-0.4, -0.2) is 41.9 Å². The van der Waals surface area contributed by atoms with Crippen LogP contribution in [0.25, 0.3) is 0 Å². The Hall–Kier alpha value is -0.620. The fourth-order valence-electron chi connectivity index (χ4n) is 2.65. The van der Waals surface area contributed by atoms with Crippen LogP contribution in [0.2, 0.25) is 0 Å². The Labute approximate surface area is 161 Å². The first kappa shape index (κ1) is 25.4. The second-order valence-corrected chi connectivity index (χ2v) is 6.82. The van der Waals surface area contributed by atoms with Gasteiger partial charge >= 0.3 is 0 Å². The molecule has 0 saturated heterocycles. The molecular formula is C21H43NO4. The van der Waals surface area contributed by atoms with Crippen LogP contribution in [0.4, 0.5) is 0 Å². The Morgan fingerprint density at radius 1 is 0.654 bits per heavy atom. The van der Waals surface area contributed by atoms with E-state index >= 15 is 0 Å². The van der Waals surface area contributed by atoms with E-state index in [1.807, 2.05) is 0 Å². The molecule has 0 amide bonds. The average molecular weight is 374 g/mol. The monoisotopic (exact) mass is 373 g/mol. The van der Waals surface area contributed by atoms with Crippen LogP contribution >= 0.6 is 0 Å². The van der Waals surface area contributed by atoms with Crippen molar-refractivity contribution in [3.8, 4) is 0 Å². The zero-order valence-electron chi connectivity index (χ0n) is 17.0. The van der Waals surface area contributed by atoms with E-state index in [9.17, 15) is 0 Å². The smallest absolute Gasteiger partial charge is 0.0797 e. The largest absolute Gasteiger partial charge is 0.396 e. The molecule has 0 fully saturated rings. The molecule has 0 aromatic heterocycles. The van der Waals surface area contributed by atoms with E-state index in [2.05, 4.69) is 13.0 Å². The fraction of sp³-hybridized carbons (Fsp3) is 0.905. The van der Waals surface area contributed by atoms with Gasteiger partial charge in [-0.1, -0.05) is 77.2 Å². The van der Waals surface area contributed by atoms with Crippen molar-refractivity contribution in [1.29, 1.82) is 0 Å². The van der Waals surface area contributed by atoms with Crippen molar-refractivity contribution in [2.24, 2.45) is 0 Å². The minimum absolute atomic E-state index is 0.104. The van der Waals surface area contributed by atoms with Crippen LogP contribution in [0.3, 0.4) is 0 Å². The first-order valence-electron chi connectivity index (χ1n) is 10.8. The zero-order chi connectivity index (χ0) is 19.1. The Kier molecular flexibility index (Phi) is 21.9. The average Bonchev–Trinajstić information content (AvgIpc) is 2.65. The van der Waals surface area contributed by atoms with E-state index in [0.717, 1.165) is 6.42 Å². The minimum atomic E-state index is 0.104. The summed E-state index contributed by atoms with van der Waals surface area (Å²) in [6.45, 7) is 3.30. The molecule has 0 aliphatic rings. The molecule has 0 spiro atoms. The lowest BCUT2D eigenvalue weighted by atomic mass is 10.1. The van der Waals surface area contributed by atoms with Crippen LogP contribution in [0.1, 0.15) is 96.8 Å². The number of aliphatic hydroxyl groups is 2. The van der Waals surface area contributed by atoms with E-state index in [4.69, 9.17) is 19.9 Å². The third-order valence-electron chi connectivity index (χ3n) is 4.24. The third-order valence-corrected chi connectivity index (χ3v) is 4.24. The Morgan fingerprint density at radius 3 is 1.58 bits per heavy atom. The van der Waals surface area contributed by atoms with E-state index in [0.29, 0.717) is 26.1 Å². The Bertz CT molecular complexity index is 277. The van der Waals surface area contributed by atoms with Gasteiger partial charge in [-0.05, 0) is 25.7 Å². The van der Waals surface area contributed by atoms with Gasteiger partial charge in [0.25, 0.3) is 0 Å². The van der Waals surface area contributed by atoms with E-state index < -0.39 is 0 Å². The van der Waals surface area contributed by atoms with E-state index in [-0.39, 0.29) is 13.2 Å². The number of hydrogen-bond donors (Lipinski definition) is 2. The van der Waals surface area contributed by atoms with Gasteiger partial charge in [0.1, 0.15) is 0 Å². The maximum atomic E-state index is 8.80. The molecule has 0 unspecified atom stereocenters. The predicted molar refractivity (Wildman–Crippen MR) is 107 cm³/mol. The summed E-state index contributed by atoms with van der Waals surface area (Å²) in [5.41, 5.74) is 0. The standard InChI is InChI=1S/C21H43NO4/c1-2-3-4-5-6-7-8-9-10-11-12-13-14-17-22(25-20-15-18-23)26-21-16-19-24/h14,17,23-24H,2-13,15-16,18-21H2,1H3. The number of allylic oxidation sites excluding steroid dienone is 1. The molecular weight excluding hydrogens is 330 g/mol. The SMILES string of the molecule is CCCCCCCCCCCCCC=CN(OCCCO)OCCCO. The molecule has 5 heteroatoms. The van der Waals surface area contributed by atoms with Gasteiger partial charge < -0.3 is 10.2 Å². The fourth-order valence-corrected chi connectivity index (χ4v) is 2.65. The number of hydrogen-bond acceptors (Lipinski definition) is 5. The summed E-state index contributed by atoms with van der Waals surface area (Å²) in [6.07, 6.45) is 20.9. The molecule has 156 valence electrons. The highest BCUT2D eigenvalue weighted by molar-refractivity contribution is 4.76. The highest BCUT2D eigenvalue weighted by atomic mass is 16.9. The summed E-state index contributed by atoms with van der Waals surface area (Å²) in [5, 5.41) is 19.0. The molecule has 0 heterocycles. The molecule has 26 heavy (non-hydrogen) atoms. The van der Waals surface area contributed by atoms with Gasteiger partial charge in [-0.2, -0.15) is 0 Å². The van der Waals surface area contributed by atoms with Crippen molar-refractivity contribution >= 4 is 0 Å². The Balaban J connectivity index is 3.54. The van der Waals surface area contributed by atoms with E-state index in [1.165, 1.54) is 75.9 Å². The summed E-state index contributed by atoms with van der Waals surface area (Å²) in [5.74, 6) is 0. The van der Waals surface area contributed by atoms with Gasteiger partial charge in [0.15, 0.2) is 0 Å². The van der Waals surface area contributed by atoms with Crippen LogP contribution < -0.4 is 0 Å². The lowest BCUT2D eigenvalue weighted by Gasteiger charge is -2.18. The molecule has 0 rings (SSSR count). The zero-order valence-corrected chi connectivity index (χ0v) is 17.0. The summed E-state index contributed by atoms with van der Waals surface area (Å²) in [7, 11) is 0. The normalized spacial score (nSPS) is 11.5. The maximum absolute atomic E-state index is 8.80. The first-order chi connectivity index (χ1) is 12.8. The molecule has 5 nitrogen and oxygen atoms in total. The maximum Gasteiger partial charge on any atom is 0.0797 e. The van der Waals surface area contributed by atoms with Gasteiger partial charge in [-0.25, -0.2) is 9.68 Å².